The Kier molecular flexibility index (Phi) is 4.52. The highest BCUT2D eigenvalue weighted by atomic mass is 16.5. The number of ketones is 2. The molecule has 0 bridgehead atoms. The Morgan fingerprint density at radius 1 is 1.19 bits per heavy atom. The van der Waals surface area contributed by atoms with Crippen LogP contribution in [0.1, 0.15) is 39.8 Å². The van der Waals surface area contributed by atoms with Gasteiger partial charge in [0.2, 0.25) is 0 Å². The molecule has 0 atom stereocenters. The molecule has 0 N–H and O–H groups in total. The smallest absolute Gasteiger partial charge is 0.174 e. The van der Waals surface area contributed by atoms with Crippen molar-refractivity contribution >= 4 is 11.6 Å². The molecule has 0 aliphatic rings. The summed E-state index contributed by atoms with van der Waals surface area (Å²) in [6.45, 7) is 1.93. The lowest BCUT2D eigenvalue weighted by Crippen LogP contribution is -2.10. The number of hydrogen-bond acceptors (Lipinski definition) is 4. The van der Waals surface area contributed by atoms with Crippen LogP contribution in [0.25, 0.3) is 0 Å². The summed E-state index contributed by atoms with van der Waals surface area (Å²) < 4.78 is 6.75. The molecule has 1 heterocycles. The van der Waals surface area contributed by atoms with Gasteiger partial charge >= 0.3 is 0 Å². The molecule has 0 unspecified atom stereocenters. The van der Waals surface area contributed by atoms with E-state index in [2.05, 4.69) is 5.10 Å². The minimum Gasteiger partial charge on any atom is -0.496 e. The number of aryl methyl sites for hydroxylation is 2. The predicted octanol–water partition coefficient (Wildman–Crippen LogP) is 2.45. The predicted molar refractivity (Wildman–Crippen MR) is 78.9 cm³/mol. The lowest BCUT2D eigenvalue weighted by Gasteiger charge is -2.06. The Bertz CT molecular complexity index is 674. The third-order valence-corrected chi connectivity index (χ3v) is 3.27. The maximum atomic E-state index is 12.3. The molecule has 0 spiro atoms. The van der Waals surface area contributed by atoms with E-state index in [1.807, 2.05) is 6.92 Å². The normalized spacial score (nSPS) is 10.4. The molecule has 2 rings (SSSR count). The standard InChI is InChI=1S/C16H18N2O3/c1-4-13-12(10-18(2)17-13)15(20)9-14(19)11-7-5-6-8-16(11)21-3/h5-8,10H,4,9H2,1-3H3. The Hall–Kier alpha value is -2.43. The second kappa shape index (κ2) is 6.35. The number of aromatic nitrogens is 2. The molecule has 0 aliphatic carbocycles. The van der Waals surface area contributed by atoms with Crippen LogP contribution in [0.3, 0.4) is 0 Å². The average molecular weight is 286 g/mol. The Morgan fingerprint density at radius 2 is 1.86 bits per heavy atom. The second-order valence-corrected chi connectivity index (χ2v) is 4.74. The van der Waals surface area contributed by atoms with E-state index >= 15 is 0 Å². The summed E-state index contributed by atoms with van der Waals surface area (Å²) in [6.07, 6.45) is 2.14. The maximum absolute atomic E-state index is 12.3. The summed E-state index contributed by atoms with van der Waals surface area (Å²) in [5, 5.41) is 4.22. The van der Waals surface area contributed by atoms with Crippen molar-refractivity contribution in [3.8, 4) is 5.75 Å². The fraction of sp³-hybridized carbons (Fsp3) is 0.312. The van der Waals surface area contributed by atoms with Gasteiger partial charge in [0.1, 0.15) is 5.75 Å². The van der Waals surface area contributed by atoms with Gasteiger partial charge in [-0.05, 0) is 18.6 Å². The summed E-state index contributed by atoms with van der Waals surface area (Å²) in [6, 6.07) is 6.91. The van der Waals surface area contributed by atoms with Gasteiger partial charge in [-0.2, -0.15) is 5.10 Å². The molecule has 21 heavy (non-hydrogen) atoms. The quantitative estimate of drug-likeness (QED) is 0.604. The number of para-hydroxylation sites is 1. The molecule has 5 heteroatoms. The molecular formula is C16H18N2O3. The number of carbonyl (C=O) groups excluding carboxylic acids is 2. The van der Waals surface area contributed by atoms with Gasteiger partial charge in [0.25, 0.3) is 0 Å². The van der Waals surface area contributed by atoms with E-state index in [9.17, 15) is 9.59 Å². The highest BCUT2D eigenvalue weighted by molar-refractivity contribution is 6.14. The molecule has 0 radical (unpaired) electrons. The molecule has 0 fully saturated rings. The van der Waals surface area contributed by atoms with Crippen molar-refractivity contribution in [2.24, 2.45) is 7.05 Å². The summed E-state index contributed by atoms with van der Waals surface area (Å²) in [4.78, 5) is 24.6. The van der Waals surface area contributed by atoms with Crippen molar-refractivity contribution in [2.45, 2.75) is 19.8 Å². The van der Waals surface area contributed by atoms with Crippen LogP contribution in [0.4, 0.5) is 0 Å². The van der Waals surface area contributed by atoms with E-state index < -0.39 is 0 Å². The van der Waals surface area contributed by atoms with Gasteiger partial charge in [-0.25, -0.2) is 0 Å². The summed E-state index contributed by atoms with van der Waals surface area (Å²) in [5.74, 6) is 0.0245. The van der Waals surface area contributed by atoms with Crippen LogP contribution >= 0.6 is 0 Å². The van der Waals surface area contributed by atoms with Gasteiger partial charge in [-0.3, -0.25) is 14.3 Å². The van der Waals surface area contributed by atoms with Crippen molar-refractivity contribution in [3.63, 3.8) is 0 Å². The number of methoxy groups -OCH3 is 1. The fourth-order valence-corrected chi connectivity index (χ4v) is 2.24. The number of Topliss-reactive ketones (excluding diaryl/α,β-unsaturated/α-hetero) is 2. The summed E-state index contributed by atoms with van der Waals surface area (Å²) >= 11 is 0. The molecular weight excluding hydrogens is 268 g/mol. The van der Waals surface area contributed by atoms with Crippen molar-refractivity contribution in [1.82, 2.24) is 9.78 Å². The van der Waals surface area contributed by atoms with Crippen LogP contribution in [0.2, 0.25) is 0 Å². The van der Waals surface area contributed by atoms with Crippen LogP contribution in [0.5, 0.6) is 5.75 Å². The van der Waals surface area contributed by atoms with Crippen LogP contribution in [-0.2, 0) is 13.5 Å². The number of carbonyl (C=O) groups is 2. The summed E-state index contributed by atoms with van der Waals surface area (Å²) in [5.41, 5.74) is 1.66. The zero-order chi connectivity index (χ0) is 15.4. The molecule has 0 saturated carbocycles. The number of ether oxygens (including phenoxy) is 1. The van der Waals surface area contributed by atoms with Gasteiger partial charge < -0.3 is 4.74 Å². The summed E-state index contributed by atoms with van der Waals surface area (Å²) in [7, 11) is 3.27. The number of hydrogen-bond donors (Lipinski definition) is 0. The first-order valence-electron chi connectivity index (χ1n) is 6.78. The second-order valence-electron chi connectivity index (χ2n) is 4.74. The van der Waals surface area contributed by atoms with Crippen LogP contribution < -0.4 is 4.74 Å². The monoisotopic (exact) mass is 286 g/mol. The maximum Gasteiger partial charge on any atom is 0.174 e. The lowest BCUT2D eigenvalue weighted by atomic mass is 10.0. The van der Waals surface area contributed by atoms with Gasteiger partial charge in [0.15, 0.2) is 11.6 Å². The zero-order valence-corrected chi connectivity index (χ0v) is 12.4. The number of nitrogens with zero attached hydrogens (tertiary/aromatic N) is 2. The Labute approximate surface area is 123 Å². The average Bonchev–Trinajstić information content (AvgIpc) is 2.88. The number of benzene rings is 1. The van der Waals surface area contributed by atoms with Gasteiger partial charge in [-0.1, -0.05) is 19.1 Å². The van der Waals surface area contributed by atoms with E-state index in [0.717, 1.165) is 5.69 Å². The molecule has 110 valence electrons. The van der Waals surface area contributed by atoms with Gasteiger partial charge in [0, 0.05) is 13.2 Å². The molecule has 1 aromatic carbocycles. The van der Waals surface area contributed by atoms with Crippen molar-refractivity contribution in [3.05, 3.63) is 47.3 Å². The Morgan fingerprint density at radius 3 is 2.52 bits per heavy atom. The van der Waals surface area contributed by atoms with Crippen molar-refractivity contribution < 1.29 is 14.3 Å². The first-order chi connectivity index (χ1) is 10.1. The largest absolute Gasteiger partial charge is 0.496 e. The SMILES string of the molecule is CCc1nn(C)cc1C(=O)CC(=O)c1ccccc1OC. The van der Waals surface area contributed by atoms with E-state index in [1.165, 1.54) is 7.11 Å². The third kappa shape index (κ3) is 3.18. The molecule has 0 saturated heterocycles. The van der Waals surface area contributed by atoms with E-state index in [4.69, 9.17) is 4.74 Å². The molecule has 1 aromatic heterocycles. The lowest BCUT2D eigenvalue weighted by molar-refractivity contribution is 0.0892. The fourth-order valence-electron chi connectivity index (χ4n) is 2.24. The van der Waals surface area contributed by atoms with Crippen molar-refractivity contribution in [2.75, 3.05) is 7.11 Å². The van der Waals surface area contributed by atoms with Crippen LogP contribution in [-0.4, -0.2) is 28.5 Å². The topological polar surface area (TPSA) is 61.2 Å². The van der Waals surface area contributed by atoms with E-state index in [0.29, 0.717) is 23.3 Å². The molecule has 2 aromatic rings. The minimum atomic E-state index is -0.247. The molecule has 0 amide bonds. The molecule has 0 aliphatic heterocycles. The first-order valence-corrected chi connectivity index (χ1v) is 6.78. The number of rotatable bonds is 6. The minimum absolute atomic E-state index is 0.181. The first kappa shape index (κ1) is 15.0. The van der Waals surface area contributed by atoms with Crippen LogP contribution in [0, 0.1) is 0 Å². The molecule has 5 nitrogen and oxygen atoms in total. The third-order valence-electron chi connectivity index (χ3n) is 3.27. The van der Waals surface area contributed by atoms with E-state index in [1.54, 1.807) is 42.2 Å². The van der Waals surface area contributed by atoms with Crippen LogP contribution in [0.15, 0.2) is 30.5 Å². The zero-order valence-electron chi connectivity index (χ0n) is 12.4. The van der Waals surface area contributed by atoms with Crippen molar-refractivity contribution in [1.29, 1.82) is 0 Å². The Balaban J connectivity index is 2.21. The van der Waals surface area contributed by atoms with Gasteiger partial charge in [0.05, 0.1) is 30.4 Å². The van der Waals surface area contributed by atoms with Gasteiger partial charge in [-0.15, -0.1) is 0 Å². The highest BCUT2D eigenvalue weighted by Crippen LogP contribution is 2.20. The highest BCUT2D eigenvalue weighted by Gasteiger charge is 2.20. The van der Waals surface area contributed by atoms with E-state index in [-0.39, 0.29) is 18.0 Å².